The van der Waals surface area contributed by atoms with E-state index in [9.17, 15) is 23.1 Å². The van der Waals surface area contributed by atoms with Crippen LogP contribution in [0.25, 0.3) is 11.5 Å². The van der Waals surface area contributed by atoms with E-state index in [0.717, 1.165) is 0 Å². The third-order valence-electron chi connectivity index (χ3n) is 2.09. The molecule has 0 aliphatic heterocycles. The molecule has 0 spiro atoms. The number of alkyl halides is 3. The molecule has 0 aliphatic rings. The molecule has 0 aliphatic carbocycles. The van der Waals surface area contributed by atoms with Crippen LogP contribution >= 0.6 is 0 Å². The molecule has 0 fully saturated rings. The Morgan fingerprint density at radius 2 is 2.00 bits per heavy atom. The maximum Gasteiger partial charge on any atom is 0.426 e. The van der Waals surface area contributed by atoms with E-state index in [0.29, 0.717) is 0 Å². The van der Waals surface area contributed by atoms with Crippen molar-refractivity contribution in [2.45, 2.75) is 6.18 Å². The van der Waals surface area contributed by atoms with Gasteiger partial charge in [0.15, 0.2) is 11.4 Å². The average molecular weight is 257 g/mol. The SMILES string of the molecule is O=c1[nH]c(-c2ccccn2)nc(O)c1C(F)(F)F. The van der Waals surface area contributed by atoms with Crippen LogP contribution in [0.5, 0.6) is 5.88 Å². The van der Waals surface area contributed by atoms with Crippen molar-refractivity contribution >= 4 is 0 Å². The Kier molecular flexibility index (Phi) is 2.77. The number of aromatic hydroxyl groups is 1. The van der Waals surface area contributed by atoms with E-state index in [2.05, 4.69) is 9.97 Å². The molecular formula is C10H6F3N3O2. The molecule has 0 amide bonds. The first-order valence-corrected chi connectivity index (χ1v) is 4.71. The molecule has 2 aromatic rings. The molecule has 18 heavy (non-hydrogen) atoms. The van der Waals surface area contributed by atoms with Gasteiger partial charge in [0.1, 0.15) is 5.69 Å². The molecule has 0 saturated heterocycles. The number of rotatable bonds is 1. The fraction of sp³-hybridized carbons (Fsp3) is 0.100. The van der Waals surface area contributed by atoms with Crippen LogP contribution in [-0.2, 0) is 6.18 Å². The van der Waals surface area contributed by atoms with E-state index in [1.54, 1.807) is 12.1 Å². The van der Waals surface area contributed by atoms with Gasteiger partial charge < -0.3 is 10.1 Å². The van der Waals surface area contributed by atoms with Crippen molar-refractivity contribution in [1.82, 2.24) is 15.0 Å². The average Bonchev–Trinajstić information content (AvgIpc) is 2.27. The summed E-state index contributed by atoms with van der Waals surface area (Å²) in [6.45, 7) is 0. The van der Waals surface area contributed by atoms with Gasteiger partial charge in [0, 0.05) is 6.20 Å². The van der Waals surface area contributed by atoms with E-state index in [-0.39, 0.29) is 11.5 Å². The molecule has 2 N–H and O–H groups in total. The zero-order chi connectivity index (χ0) is 13.3. The van der Waals surface area contributed by atoms with Gasteiger partial charge >= 0.3 is 6.18 Å². The number of hydrogen-bond donors (Lipinski definition) is 2. The minimum Gasteiger partial charge on any atom is -0.493 e. The van der Waals surface area contributed by atoms with E-state index < -0.39 is 23.2 Å². The number of nitrogens with zero attached hydrogens (tertiary/aromatic N) is 2. The van der Waals surface area contributed by atoms with Gasteiger partial charge in [-0.15, -0.1) is 0 Å². The topological polar surface area (TPSA) is 78.9 Å². The molecule has 0 bridgehead atoms. The number of aromatic amines is 1. The van der Waals surface area contributed by atoms with Crippen LogP contribution in [0.1, 0.15) is 5.56 Å². The van der Waals surface area contributed by atoms with Gasteiger partial charge in [-0.05, 0) is 12.1 Å². The zero-order valence-electron chi connectivity index (χ0n) is 8.69. The Bertz CT molecular complexity index is 623. The first kappa shape index (κ1) is 12.1. The molecule has 2 rings (SSSR count). The summed E-state index contributed by atoms with van der Waals surface area (Å²) in [6, 6.07) is 4.59. The van der Waals surface area contributed by atoms with Crippen LogP contribution in [-0.4, -0.2) is 20.1 Å². The van der Waals surface area contributed by atoms with E-state index in [1.807, 2.05) is 4.98 Å². The summed E-state index contributed by atoms with van der Waals surface area (Å²) in [7, 11) is 0. The lowest BCUT2D eigenvalue weighted by molar-refractivity contribution is -0.140. The molecule has 0 radical (unpaired) electrons. The van der Waals surface area contributed by atoms with Gasteiger partial charge in [-0.1, -0.05) is 6.07 Å². The number of aromatic nitrogens is 3. The number of hydrogen-bond acceptors (Lipinski definition) is 4. The minimum atomic E-state index is -4.96. The van der Waals surface area contributed by atoms with Crippen LogP contribution in [0.4, 0.5) is 13.2 Å². The zero-order valence-corrected chi connectivity index (χ0v) is 8.69. The molecule has 8 heteroatoms. The molecule has 0 aromatic carbocycles. The van der Waals surface area contributed by atoms with E-state index >= 15 is 0 Å². The third-order valence-corrected chi connectivity index (χ3v) is 2.09. The summed E-state index contributed by atoms with van der Waals surface area (Å²) in [5.74, 6) is -1.60. The maximum atomic E-state index is 12.4. The number of pyridine rings is 1. The monoisotopic (exact) mass is 257 g/mol. The second-order valence-electron chi connectivity index (χ2n) is 3.33. The van der Waals surface area contributed by atoms with Crippen LogP contribution in [0.3, 0.4) is 0 Å². The van der Waals surface area contributed by atoms with Crippen LogP contribution in [0.2, 0.25) is 0 Å². The summed E-state index contributed by atoms with van der Waals surface area (Å²) in [6.07, 6.45) is -3.59. The first-order valence-electron chi connectivity index (χ1n) is 4.71. The van der Waals surface area contributed by atoms with Crippen molar-refractivity contribution in [1.29, 1.82) is 0 Å². The molecule has 0 atom stereocenters. The summed E-state index contributed by atoms with van der Waals surface area (Å²) in [5.41, 5.74) is -3.03. The number of nitrogens with one attached hydrogen (secondary N) is 1. The van der Waals surface area contributed by atoms with Crippen molar-refractivity contribution in [3.8, 4) is 17.4 Å². The van der Waals surface area contributed by atoms with Crippen molar-refractivity contribution in [2.75, 3.05) is 0 Å². The van der Waals surface area contributed by atoms with E-state index in [4.69, 9.17) is 0 Å². The fourth-order valence-electron chi connectivity index (χ4n) is 1.34. The molecule has 2 heterocycles. The Labute approximate surface area is 98.0 Å². The van der Waals surface area contributed by atoms with Crippen molar-refractivity contribution in [3.05, 3.63) is 40.3 Å². The smallest absolute Gasteiger partial charge is 0.426 e. The summed E-state index contributed by atoms with van der Waals surface area (Å²) in [5, 5.41) is 9.19. The highest BCUT2D eigenvalue weighted by atomic mass is 19.4. The largest absolute Gasteiger partial charge is 0.493 e. The lowest BCUT2D eigenvalue weighted by Crippen LogP contribution is -2.23. The highest BCUT2D eigenvalue weighted by molar-refractivity contribution is 5.49. The standard InChI is InChI=1S/C10H6F3N3O2/c11-10(12,13)6-8(17)15-7(16-9(6)18)5-3-1-2-4-14-5/h1-4H,(H2,15,16,17,18). The predicted molar refractivity (Wildman–Crippen MR) is 54.8 cm³/mol. The Hall–Kier alpha value is -2.38. The lowest BCUT2D eigenvalue weighted by Gasteiger charge is -2.08. The molecule has 94 valence electrons. The van der Waals surface area contributed by atoms with Gasteiger partial charge in [0.05, 0.1) is 0 Å². The van der Waals surface area contributed by atoms with Crippen molar-refractivity contribution in [3.63, 3.8) is 0 Å². The molecular weight excluding hydrogens is 251 g/mol. The Morgan fingerprint density at radius 1 is 1.28 bits per heavy atom. The number of H-pyrrole nitrogens is 1. The number of halogens is 3. The van der Waals surface area contributed by atoms with Gasteiger partial charge in [-0.25, -0.2) is 0 Å². The fourth-order valence-corrected chi connectivity index (χ4v) is 1.34. The molecule has 5 nitrogen and oxygen atoms in total. The van der Waals surface area contributed by atoms with Gasteiger partial charge in [0.25, 0.3) is 5.56 Å². The quantitative estimate of drug-likeness (QED) is 0.812. The molecule has 0 saturated carbocycles. The molecule has 2 aromatic heterocycles. The Morgan fingerprint density at radius 3 is 2.50 bits per heavy atom. The highest BCUT2D eigenvalue weighted by Gasteiger charge is 2.38. The minimum absolute atomic E-state index is 0.152. The van der Waals surface area contributed by atoms with Gasteiger partial charge in [-0.2, -0.15) is 18.2 Å². The van der Waals surface area contributed by atoms with Crippen LogP contribution < -0.4 is 5.56 Å². The van der Waals surface area contributed by atoms with Crippen molar-refractivity contribution in [2.24, 2.45) is 0 Å². The lowest BCUT2D eigenvalue weighted by atomic mass is 10.3. The summed E-state index contributed by atoms with van der Waals surface area (Å²) in [4.78, 5) is 20.3. The van der Waals surface area contributed by atoms with Crippen molar-refractivity contribution < 1.29 is 18.3 Å². The molecule has 0 unspecified atom stereocenters. The second-order valence-corrected chi connectivity index (χ2v) is 3.33. The van der Waals surface area contributed by atoms with Gasteiger partial charge in [0.2, 0.25) is 5.88 Å². The van der Waals surface area contributed by atoms with E-state index in [1.165, 1.54) is 12.3 Å². The third kappa shape index (κ3) is 2.17. The van der Waals surface area contributed by atoms with Gasteiger partial charge in [-0.3, -0.25) is 9.78 Å². The Balaban J connectivity index is 2.61. The summed E-state index contributed by atoms with van der Waals surface area (Å²) < 4.78 is 37.2. The first-order chi connectivity index (χ1) is 8.39. The summed E-state index contributed by atoms with van der Waals surface area (Å²) >= 11 is 0. The highest BCUT2D eigenvalue weighted by Crippen LogP contribution is 2.31. The maximum absolute atomic E-state index is 12.4. The van der Waals surface area contributed by atoms with Crippen LogP contribution in [0, 0.1) is 0 Å². The normalized spacial score (nSPS) is 11.5. The second kappa shape index (κ2) is 4.13. The van der Waals surface area contributed by atoms with Crippen LogP contribution in [0.15, 0.2) is 29.2 Å². The predicted octanol–water partition coefficient (Wildman–Crippen LogP) is 1.56.